The lowest BCUT2D eigenvalue weighted by Crippen LogP contribution is -2.17. The SMILES string of the molecule is CC(CN)CCC(=O)Nc1ccc2c(c1)OCCO2. The Bertz CT molecular complexity index is 448. The molecular formula is C14H20N2O3. The molecule has 0 spiro atoms. The van der Waals surface area contributed by atoms with Crippen LogP contribution in [0.15, 0.2) is 18.2 Å². The Labute approximate surface area is 113 Å². The molecule has 2 rings (SSSR count). The first-order valence-electron chi connectivity index (χ1n) is 6.58. The van der Waals surface area contributed by atoms with Gasteiger partial charge in [0.1, 0.15) is 13.2 Å². The number of fused-ring (bicyclic) bond motifs is 1. The summed E-state index contributed by atoms with van der Waals surface area (Å²) in [6, 6.07) is 5.42. The third-order valence-corrected chi connectivity index (χ3v) is 3.09. The number of amides is 1. The number of rotatable bonds is 5. The Morgan fingerprint density at radius 3 is 2.84 bits per heavy atom. The first-order valence-corrected chi connectivity index (χ1v) is 6.58. The van der Waals surface area contributed by atoms with E-state index in [-0.39, 0.29) is 5.91 Å². The smallest absolute Gasteiger partial charge is 0.224 e. The summed E-state index contributed by atoms with van der Waals surface area (Å²) in [5.74, 6) is 1.77. The normalized spacial score (nSPS) is 14.8. The van der Waals surface area contributed by atoms with Gasteiger partial charge in [-0.2, -0.15) is 0 Å². The number of hydrogen-bond acceptors (Lipinski definition) is 4. The van der Waals surface area contributed by atoms with Gasteiger partial charge in [0.15, 0.2) is 11.5 Å². The monoisotopic (exact) mass is 264 g/mol. The lowest BCUT2D eigenvalue weighted by Gasteiger charge is -2.19. The highest BCUT2D eigenvalue weighted by molar-refractivity contribution is 5.91. The maximum Gasteiger partial charge on any atom is 0.224 e. The minimum atomic E-state index is -0.00280. The zero-order valence-electron chi connectivity index (χ0n) is 11.1. The van der Waals surface area contributed by atoms with Gasteiger partial charge < -0.3 is 20.5 Å². The Kier molecular flexibility index (Phi) is 4.63. The summed E-state index contributed by atoms with van der Waals surface area (Å²) in [6.45, 7) is 3.75. The van der Waals surface area contributed by atoms with E-state index in [1.54, 1.807) is 6.07 Å². The van der Waals surface area contributed by atoms with Crippen LogP contribution >= 0.6 is 0 Å². The van der Waals surface area contributed by atoms with Crippen LogP contribution in [0.25, 0.3) is 0 Å². The largest absolute Gasteiger partial charge is 0.486 e. The molecule has 19 heavy (non-hydrogen) atoms. The third kappa shape index (κ3) is 3.86. The molecule has 1 aromatic rings. The number of nitrogens with two attached hydrogens (primary N) is 1. The van der Waals surface area contributed by atoms with Crippen LogP contribution in [0, 0.1) is 5.92 Å². The maximum absolute atomic E-state index is 11.8. The highest BCUT2D eigenvalue weighted by Crippen LogP contribution is 2.32. The second kappa shape index (κ2) is 6.43. The van der Waals surface area contributed by atoms with Crippen LogP contribution in [0.3, 0.4) is 0 Å². The van der Waals surface area contributed by atoms with Gasteiger partial charge in [-0.05, 0) is 31.0 Å². The van der Waals surface area contributed by atoms with Gasteiger partial charge in [0.05, 0.1) is 0 Å². The molecule has 1 unspecified atom stereocenters. The van der Waals surface area contributed by atoms with Crippen molar-refractivity contribution in [1.29, 1.82) is 0 Å². The molecule has 5 nitrogen and oxygen atoms in total. The number of hydrogen-bond donors (Lipinski definition) is 2. The lowest BCUT2D eigenvalue weighted by atomic mass is 10.1. The topological polar surface area (TPSA) is 73.6 Å². The lowest BCUT2D eigenvalue weighted by molar-refractivity contribution is -0.116. The Hall–Kier alpha value is -1.75. The van der Waals surface area contributed by atoms with Gasteiger partial charge in [-0.1, -0.05) is 6.92 Å². The van der Waals surface area contributed by atoms with Crippen molar-refractivity contribution in [3.05, 3.63) is 18.2 Å². The molecule has 0 radical (unpaired) electrons. The summed E-state index contributed by atoms with van der Waals surface area (Å²) >= 11 is 0. The van der Waals surface area contributed by atoms with Crippen LogP contribution in [-0.2, 0) is 4.79 Å². The van der Waals surface area contributed by atoms with Crippen LogP contribution in [0.5, 0.6) is 11.5 Å². The summed E-state index contributed by atoms with van der Waals surface area (Å²) < 4.78 is 10.9. The fourth-order valence-electron chi connectivity index (χ4n) is 1.84. The summed E-state index contributed by atoms with van der Waals surface area (Å²) in [6.07, 6.45) is 1.28. The zero-order valence-corrected chi connectivity index (χ0v) is 11.1. The quantitative estimate of drug-likeness (QED) is 0.850. The molecule has 0 fully saturated rings. The van der Waals surface area contributed by atoms with Gasteiger partial charge in [-0.25, -0.2) is 0 Å². The molecule has 0 saturated heterocycles. The van der Waals surface area contributed by atoms with Gasteiger partial charge in [-0.3, -0.25) is 4.79 Å². The van der Waals surface area contributed by atoms with Crippen molar-refractivity contribution in [3.8, 4) is 11.5 Å². The number of nitrogens with one attached hydrogen (secondary N) is 1. The van der Waals surface area contributed by atoms with Crippen molar-refractivity contribution in [2.24, 2.45) is 11.7 Å². The fourth-order valence-corrected chi connectivity index (χ4v) is 1.84. The van der Waals surface area contributed by atoms with Crippen molar-refractivity contribution in [2.45, 2.75) is 19.8 Å². The van der Waals surface area contributed by atoms with Gasteiger partial charge in [0.2, 0.25) is 5.91 Å². The summed E-state index contributed by atoms with van der Waals surface area (Å²) in [5.41, 5.74) is 6.26. The number of anilines is 1. The molecule has 1 aliphatic heterocycles. The number of carbonyl (C=O) groups excluding carboxylic acids is 1. The highest BCUT2D eigenvalue weighted by atomic mass is 16.6. The van der Waals surface area contributed by atoms with Crippen LogP contribution in [0.1, 0.15) is 19.8 Å². The molecule has 1 aliphatic rings. The Balaban J connectivity index is 1.90. The molecule has 1 amide bonds. The van der Waals surface area contributed by atoms with E-state index in [1.807, 2.05) is 19.1 Å². The predicted molar refractivity (Wildman–Crippen MR) is 73.5 cm³/mol. The molecular weight excluding hydrogens is 244 g/mol. The average molecular weight is 264 g/mol. The molecule has 0 aliphatic carbocycles. The van der Waals surface area contributed by atoms with Gasteiger partial charge >= 0.3 is 0 Å². The van der Waals surface area contributed by atoms with E-state index >= 15 is 0 Å². The predicted octanol–water partition coefficient (Wildman–Crippen LogP) is 1.77. The zero-order chi connectivity index (χ0) is 13.7. The second-order valence-electron chi connectivity index (χ2n) is 4.79. The van der Waals surface area contributed by atoms with Crippen LogP contribution in [0.4, 0.5) is 5.69 Å². The van der Waals surface area contributed by atoms with Gasteiger partial charge in [-0.15, -0.1) is 0 Å². The van der Waals surface area contributed by atoms with Crippen LogP contribution in [0.2, 0.25) is 0 Å². The average Bonchev–Trinajstić information content (AvgIpc) is 2.44. The number of carbonyl (C=O) groups is 1. The molecule has 5 heteroatoms. The molecule has 1 heterocycles. The van der Waals surface area contributed by atoms with Gasteiger partial charge in [0, 0.05) is 18.2 Å². The van der Waals surface area contributed by atoms with Crippen molar-refractivity contribution < 1.29 is 14.3 Å². The fraction of sp³-hybridized carbons (Fsp3) is 0.500. The first-order chi connectivity index (χ1) is 9.19. The Morgan fingerprint density at radius 1 is 1.37 bits per heavy atom. The van der Waals surface area contributed by atoms with Crippen LogP contribution in [-0.4, -0.2) is 25.7 Å². The summed E-state index contributed by atoms with van der Waals surface area (Å²) in [5, 5.41) is 2.86. The second-order valence-corrected chi connectivity index (χ2v) is 4.79. The highest BCUT2D eigenvalue weighted by Gasteiger charge is 2.13. The minimum absolute atomic E-state index is 0.00280. The van der Waals surface area contributed by atoms with E-state index in [2.05, 4.69) is 5.32 Å². The molecule has 1 aromatic carbocycles. The number of benzene rings is 1. The third-order valence-electron chi connectivity index (χ3n) is 3.09. The number of ether oxygens (including phenoxy) is 2. The summed E-state index contributed by atoms with van der Waals surface area (Å²) in [4.78, 5) is 11.8. The van der Waals surface area contributed by atoms with E-state index in [4.69, 9.17) is 15.2 Å². The molecule has 104 valence electrons. The Morgan fingerprint density at radius 2 is 2.11 bits per heavy atom. The maximum atomic E-state index is 11.8. The van der Waals surface area contributed by atoms with Crippen molar-refractivity contribution in [2.75, 3.05) is 25.1 Å². The van der Waals surface area contributed by atoms with E-state index in [0.29, 0.717) is 37.8 Å². The van der Waals surface area contributed by atoms with E-state index in [1.165, 1.54) is 0 Å². The minimum Gasteiger partial charge on any atom is -0.486 e. The summed E-state index contributed by atoms with van der Waals surface area (Å²) in [7, 11) is 0. The van der Waals surface area contributed by atoms with E-state index < -0.39 is 0 Å². The molecule has 3 N–H and O–H groups in total. The first kappa shape index (κ1) is 13.7. The van der Waals surface area contributed by atoms with Crippen molar-refractivity contribution in [3.63, 3.8) is 0 Å². The van der Waals surface area contributed by atoms with E-state index in [0.717, 1.165) is 17.9 Å². The van der Waals surface area contributed by atoms with Gasteiger partial charge in [0.25, 0.3) is 0 Å². The molecule has 0 aromatic heterocycles. The molecule has 0 bridgehead atoms. The molecule has 1 atom stereocenters. The van der Waals surface area contributed by atoms with Crippen molar-refractivity contribution in [1.82, 2.24) is 0 Å². The standard InChI is InChI=1S/C14H20N2O3/c1-10(9-15)2-5-14(17)16-11-3-4-12-13(8-11)19-7-6-18-12/h3-4,8,10H,2,5-7,9,15H2,1H3,(H,16,17). The molecule has 0 saturated carbocycles. The van der Waals surface area contributed by atoms with Crippen LogP contribution < -0.4 is 20.5 Å². The van der Waals surface area contributed by atoms with Crippen molar-refractivity contribution >= 4 is 11.6 Å². The van der Waals surface area contributed by atoms with E-state index in [9.17, 15) is 4.79 Å².